The van der Waals surface area contributed by atoms with Crippen LogP contribution in [0.2, 0.25) is 0 Å². The lowest BCUT2D eigenvalue weighted by atomic mass is 9.99. The van der Waals surface area contributed by atoms with E-state index in [2.05, 4.69) is 13.8 Å². The van der Waals surface area contributed by atoms with Crippen molar-refractivity contribution in [3.8, 4) is 0 Å². The van der Waals surface area contributed by atoms with Gasteiger partial charge in [0.15, 0.2) is 0 Å². The fourth-order valence-corrected chi connectivity index (χ4v) is 3.39. The highest BCUT2D eigenvalue weighted by Crippen LogP contribution is 2.14. The first-order valence-electron chi connectivity index (χ1n) is 11.2. The van der Waals surface area contributed by atoms with Crippen LogP contribution >= 0.6 is 0 Å². The van der Waals surface area contributed by atoms with Crippen LogP contribution in [0.5, 0.6) is 0 Å². The van der Waals surface area contributed by atoms with Crippen molar-refractivity contribution in [1.29, 1.82) is 0 Å². The molecule has 0 radical (unpaired) electrons. The third kappa shape index (κ3) is 16.8. The third-order valence-electron chi connectivity index (χ3n) is 5.24. The first-order chi connectivity index (χ1) is 11.7. The Hall–Kier alpha value is -0.0800. The second kappa shape index (κ2) is 19.2. The van der Waals surface area contributed by atoms with Crippen molar-refractivity contribution >= 4 is 0 Å². The van der Waals surface area contributed by atoms with Gasteiger partial charge in [-0.3, -0.25) is 0 Å². The first kappa shape index (κ1) is 23.9. The summed E-state index contributed by atoms with van der Waals surface area (Å²) >= 11 is 0. The second-order valence-corrected chi connectivity index (χ2v) is 7.76. The second-order valence-electron chi connectivity index (χ2n) is 7.76. The Balaban J connectivity index is 3.17. The number of hydrogen-bond acceptors (Lipinski definition) is 2. The van der Waals surface area contributed by atoms with Gasteiger partial charge in [-0.05, 0) is 12.8 Å². The van der Waals surface area contributed by atoms with E-state index in [1.165, 1.54) is 89.9 Å². The lowest BCUT2D eigenvalue weighted by Gasteiger charge is -2.18. The van der Waals surface area contributed by atoms with Gasteiger partial charge in [0, 0.05) is 6.04 Å². The summed E-state index contributed by atoms with van der Waals surface area (Å²) < 4.78 is 0. The predicted octanol–water partition coefficient (Wildman–Crippen LogP) is 6.74. The number of aliphatic hydroxyl groups is 1. The normalized spacial score (nSPS) is 14.0. The molecular formula is C22H47NO. The molecule has 2 atom stereocenters. The fraction of sp³-hybridized carbons (Fsp3) is 1.00. The summed E-state index contributed by atoms with van der Waals surface area (Å²) in [7, 11) is 0. The molecule has 146 valence electrons. The van der Waals surface area contributed by atoms with Crippen LogP contribution in [0.3, 0.4) is 0 Å². The van der Waals surface area contributed by atoms with Gasteiger partial charge in [-0.1, -0.05) is 117 Å². The van der Waals surface area contributed by atoms with Crippen molar-refractivity contribution in [3.63, 3.8) is 0 Å². The Labute approximate surface area is 153 Å². The number of unbranched alkanes of at least 4 members (excludes halogenated alkanes) is 14. The molecule has 0 fully saturated rings. The topological polar surface area (TPSA) is 46.2 Å². The molecule has 2 heteroatoms. The molecular weight excluding hydrogens is 294 g/mol. The van der Waals surface area contributed by atoms with E-state index in [9.17, 15) is 5.11 Å². The van der Waals surface area contributed by atoms with Crippen LogP contribution in [-0.4, -0.2) is 17.3 Å². The molecule has 0 amide bonds. The van der Waals surface area contributed by atoms with Crippen LogP contribution in [0.25, 0.3) is 0 Å². The number of nitrogens with two attached hydrogens (primary N) is 1. The molecule has 0 spiro atoms. The Morgan fingerprint density at radius 3 is 1.33 bits per heavy atom. The van der Waals surface area contributed by atoms with Gasteiger partial charge in [0.1, 0.15) is 0 Å². The van der Waals surface area contributed by atoms with E-state index < -0.39 is 0 Å². The minimum absolute atomic E-state index is 0.00748. The van der Waals surface area contributed by atoms with Crippen LogP contribution in [-0.2, 0) is 0 Å². The summed E-state index contributed by atoms with van der Waals surface area (Å²) in [4.78, 5) is 0. The summed E-state index contributed by atoms with van der Waals surface area (Å²) in [6.45, 7) is 4.46. The number of hydrogen-bond donors (Lipinski definition) is 2. The van der Waals surface area contributed by atoms with Crippen LogP contribution in [0.15, 0.2) is 0 Å². The molecule has 0 aliphatic carbocycles. The third-order valence-corrected chi connectivity index (χ3v) is 5.24. The van der Waals surface area contributed by atoms with E-state index in [1.54, 1.807) is 0 Å². The predicted molar refractivity (Wildman–Crippen MR) is 108 cm³/mol. The van der Waals surface area contributed by atoms with Gasteiger partial charge in [0.25, 0.3) is 0 Å². The summed E-state index contributed by atoms with van der Waals surface area (Å²) in [5.74, 6) is 0. The Morgan fingerprint density at radius 1 is 0.542 bits per heavy atom. The van der Waals surface area contributed by atoms with E-state index >= 15 is 0 Å². The SMILES string of the molecule is CCCCCCCCCCCCCCCCC(O)C(N)CCCC. The number of aliphatic hydroxyl groups excluding tert-OH is 1. The maximum Gasteiger partial charge on any atom is 0.0691 e. The first-order valence-corrected chi connectivity index (χ1v) is 11.2. The smallest absolute Gasteiger partial charge is 0.0691 e. The van der Waals surface area contributed by atoms with Crippen LogP contribution in [0.4, 0.5) is 0 Å². The van der Waals surface area contributed by atoms with Crippen LogP contribution < -0.4 is 5.73 Å². The molecule has 2 unspecified atom stereocenters. The minimum Gasteiger partial charge on any atom is -0.392 e. The standard InChI is InChI=1S/C22H47NO/c1-3-5-7-8-9-10-11-12-13-14-15-16-17-18-20-22(24)21(23)19-6-4-2/h21-22,24H,3-20,23H2,1-2H3. The van der Waals surface area contributed by atoms with Gasteiger partial charge in [-0.2, -0.15) is 0 Å². The quantitative estimate of drug-likeness (QED) is 0.256. The van der Waals surface area contributed by atoms with E-state index in [4.69, 9.17) is 5.73 Å². The largest absolute Gasteiger partial charge is 0.392 e. The molecule has 0 aromatic rings. The molecule has 0 saturated carbocycles. The van der Waals surface area contributed by atoms with E-state index in [0.717, 1.165) is 25.7 Å². The molecule has 0 rings (SSSR count). The molecule has 0 aliphatic rings. The minimum atomic E-state index is -0.283. The van der Waals surface area contributed by atoms with Crippen molar-refractivity contribution < 1.29 is 5.11 Å². The van der Waals surface area contributed by atoms with Gasteiger partial charge in [0.05, 0.1) is 6.10 Å². The Morgan fingerprint density at radius 2 is 0.917 bits per heavy atom. The van der Waals surface area contributed by atoms with Crippen molar-refractivity contribution in [3.05, 3.63) is 0 Å². The molecule has 24 heavy (non-hydrogen) atoms. The number of rotatable bonds is 19. The summed E-state index contributed by atoms with van der Waals surface area (Å²) in [6, 6.07) is -0.00748. The van der Waals surface area contributed by atoms with Gasteiger partial charge in [0.2, 0.25) is 0 Å². The van der Waals surface area contributed by atoms with Crippen molar-refractivity contribution in [1.82, 2.24) is 0 Å². The molecule has 0 heterocycles. The average molecular weight is 342 g/mol. The molecule has 2 nitrogen and oxygen atoms in total. The summed E-state index contributed by atoms with van der Waals surface area (Å²) in [5.41, 5.74) is 6.01. The van der Waals surface area contributed by atoms with E-state index in [-0.39, 0.29) is 12.1 Å². The van der Waals surface area contributed by atoms with Crippen molar-refractivity contribution in [2.45, 2.75) is 142 Å². The van der Waals surface area contributed by atoms with E-state index in [0.29, 0.717) is 0 Å². The van der Waals surface area contributed by atoms with Gasteiger partial charge in [-0.15, -0.1) is 0 Å². The Bertz CT molecular complexity index is 232. The average Bonchev–Trinajstić information content (AvgIpc) is 2.59. The van der Waals surface area contributed by atoms with E-state index in [1.807, 2.05) is 0 Å². The maximum absolute atomic E-state index is 10.0. The molecule has 0 aliphatic heterocycles. The van der Waals surface area contributed by atoms with Gasteiger partial charge < -0.3 is 10.8 Å². The lowest BCUT2D eigenvalue weighted by Crippen LogP contribution is -2.34. The zero-order valence-corrected chi connectivity index (χ0v) is 16.9. The Kier molecular flexibility index (Phi) is 19.2. The fourth-order valence-electron chi connectivity index (χ4n) is 3.39. The van der Waals surface area contributed by atoms with Gasteiger partial charge >= 0.3 is 0 Å². The highest BCUT2D eigenvalue weighted by molar-refractivity contribution is 4.71. The highest BCUT2D eigenvalue weighted by atomic mass is 16.3. The molecule has 0 aromatic heterocycles. The maximum atomic E-state index is 10.0. The van der Waals surface area contributed by atoms with Crippen molar-refractivity contribution in [2.24, 2.45) is 5.73 Å². The van der Waals surface area contributed by atoms with Crippen LogP contribution in [0, 0.1) is 0 Å². The molecule has 3 N–H and O–H groups in total. The van der Waals surface area contributed by atoms with Gasteiger partial charge in [-0.25, -0.2) is 0 Å². The zero-order valence-electron chi connectivity index (χ0n) is 16.9. The molecule has 0 saturated heterocycles. The summed E-state index contributed by atoms with van der Waals surface area (Å²) in [6.07, 6.45) is 23.2. The molecule has 0 aromatic carbocycles. The molecule has 0 bridgehead atoms. The van der Waals surface area contributed by atoms with Crippen LogP contribution in [0.1, 0.15) is 129 Å². The zero-order chi connectivity index (χ0) is 17.9. The lowest BCUT2D eigenvalue weighted by molar-refractivity contribution is 0.126. The highest BCUT2D eigenvalue weighted by Gasteiger charge is 2.13. The summed E-state index contributed by atoms with van der Waals surface area (Å²) in [5, 5.41) is 10.0. The van der Waals surface area contributed by atoms with Crippen molar-refractivity contribution in [2.75, 3.05) is 0 Å². The monoisotopic (exact) mass is 341 g/mol.